The van der Waals surface area contributed by atoms with E-state index in [1.54, 1.807) is 24.5 Å². The number of carbonyl (C=O) groups is 1. The summed E-state index contributed by atoms with van der Waals surface area (Å²) in [6, 6.07) is 10.2. The quantitative estimate of drug-likeness (QED) is 0.776. The van der Waals surface area contributed by atoms with E-state index in [4.69, 9.17) is 5.11 Å². The van der Waals surface area contributed by atoms with Gasteiger partial charge in [-0.05, 0) is 48.6 Å². The van der Waals surface area contributed by atoms with E-state index < -0.39 is 5.97 Å². The number of benzene rings is 1. The molecule has 3 nitrogen and oxygen atoms in total. The molecule has 22 heavy (non-hydrogen) atoms. The van der Waals surface area contributed by atoms with Gasteiger partial charge in [0.25, 0.3) is 0 Å². The first kappa shape index (κ1) is 15.9. The molecule has 0 radical (unpaired) electrons. The second-order valence-corrected chi connectivity index (χ2v) is 5.01. The summed E-state index contributed by atoms with van der Waals surface area (Å²) in [6.45, 7) is 0. The number of nitrogens with zero attached hydrogens (tertiary/aromatic N) is 1. The maximum atomic E-state index is 13.1. The van der Waals surface area contributed by atoms with Gasteiger partial charge < -0.3 is 5.11 Å². The highest BCUT2D eigenvalue weighted by Crippen LogP contribution is 2.24. The fraction of sp³-hybridized carbons (Fsp3) is 0.222. The number of hydrogen-bond donors (Lipinski definition) is 1. The summed E-state index contributed by atoms with van der Waals surface area (Å²) in [5.74, 6) is -1.04. The Morgan fingerprint density at radius 1 is 1.14 bits per heavy atom. The predicted octanol–water partition coefficient (Wildman–Crippen LogP) is 4.30. The molecule has 0 unspecified atom stereocenters. The van der Waals surface area contributed by atoms with Crippen molar-refractivity contribution in [2.24, 2.45) is 0 Å². The average molecular weight is 299 g/mol. The number of unbranched alkanes of at least 4 members (excludes halogenated alkanes) is 2. The van der Waals surface area contributed by atoms with E-state index >= 15 is 0 Å². The Labute approximate surface area is 129 Å². The summed E-state index contributed by atoms with van der Waals surface area (Å²) in [5.41, 5.74) is 2.88. The highest BCUT2D eigenvalue weighted by atomic mass is 19.1. The van der Waals surface area contributed by atoms with Crippen LogP contribution in [0.2, 0.25) is 0 Å². The van der Waals surface area contributed by atoms with E-state index in [0.29, 0.717) is 6.42 Å². The Bertz CT molecular complexity index is 636. The van der Waals surface area contributed by atoms with Crippen molar-refractivity contribution in [1.82, 2.24) is 4.98 Å². The third kappa shape index (κ3) is 4.81. The Morgan fingerprint density at radius 2 is 1.91 bits per heavy atom. The molecule has 2 rings (SSSR count). The van der Waals surface area contributed by atoms with Gasteiger partial charge in [-0.1, -0.05) is 24.3 Å². The molecular weight excluding hydrogens is 281 g/mol. The van der Waals surface area contributed by atoms with Gasteiger partial charge in [0, 0.05) is 24.4 Å². The summed E-state index contributed by atoms with van der Waals surface area (Å²) >= 11 is 0. The zero-order valence-corrected chi connectivity index (χ0v) is 12.2. The Kier molecular flexibility index (Phi) is 5.83. The first-order chi connectivity index (χ1) is 10.7. The molecule has 1 heterocycles. The molecule has 2 aromatic rings. The zero-order chi connectivity index (χ0) is 15.8. The average Bonchev–Trinajstić information content (AvgIpc) is 2.53. The van der Waals surface area contributed by atoms with Crippen LogP contribution in [0.25, 0.3) is 5.57 Å². The molecular formula is C18H18FNO2. The minimum absolute atomic E-state index is 0.187. The van der Waals surface area contributed by atoms with Crippen molar-refractivity contribution in [2.45, 2.75) is 25.7 Å². The monoisotopic (exact) mass is 299 g/mol. The topological polar surface area (TPSA) is 50.2 Å². The third-order valence-corrected chi connectivity index (χ3v) is 3.32. The first-order valence-corrected chi connectivity index (χ1v) is 7.25. The van der Waals surface area contributed by atoms with Gasteiger partial charge in [-0.2, -0.15) is 0 Å². The number of aliphatic carboxylic acids is 1. The van der Waals surface area contributed by atoms with Gasteiger partial charge in [0.1, 0.15) is 5.82 Å². The lowest BCUT2D eigenvalue weighted by molar-refractivity contribution is -0.137. The first-order valence-electron chi connectivity index (χ1n) is 7.25. The second-order valence-electron chi connectivity index (χ2n) is 5.01. The van der Waals surface area contributed by atoms with E-state index in [1.807, 2.05) is 12.1 Å². The van der Waals surface area contributed by atoms with Gasteiger partial charge >= 0.3 is 5.97 Å². The van der Waals surface area contributed by atoms with Crippen LogP contribution in [0, 0.1) is 5.82 Å². The maximum absolute atomic E-state index is 13.1. The van der Waals surface area contributed by atoms with E-state index in [1.165, 1.54) is 12.1 Å². The molecule has 0 aliphatic rings. The maximum Gasteiger partial charge on any atom is 0.303 e. The van der Waals surface area contributed by atoms with Crippen molar-refractivity contribution < 1.29 is 14.3 Å². The Morgan fingerprint density at radius 3 is 2.55 bits per heavy atom. The second kappa shape index (κ2) is 8.08. The van der Waals surface area contributed by atoms with Crippen molar-refractivity contribution in [3.8, 4) is 0 Å². The third-order valence-electron chi connectivity index (χ3n) is 3.32. The number of carboxylic acids is 1. The van der Waals surface area contributed by atoms with Crippen molar-refractivity contribution in [1.29, 1.82) is 0 Å². The van der Waals surface area contributed by atoms with Crippen LogP contribution in [0.5, 0.6) is 0 Å². The fourth-order valence-corrected chi connectivity index (χ4v) is 2.22. The van der Waals surface area contributed by atoms with Crippen molar-refractivity contribution in [3.63, 3.8) is 0 Å². The Balaban J connectivity index is 2.15. The summed E-state index contributed by atoms with van der Waals surface area (Å²) < 4.78 is 13.1. The van der Waals surface area contributed by atoms with Crippen LogP contribution in [0.4, 0.5) is 4.39 Å². The largest absolute Gasteiger partial charge is 0.481 e. The summed E-state index contributed by atoms with van der Waals surface area (Å²) in [4.78, 5) is 14.6. The SMILES string of the molecule is O=C(O)CCCC/C=C(/c1ccc(F)cc1)c1cccnc1. The lowest BCUT2D eigenvalue weighted by Crippen LogP contribution is -1.93. The smallest absolute Gasteiger partial charge is 0.303 e. The van der Waals surface area contributed by atoms with E-state index in [0.717, 1.165) is 29.5 Å². The minimum atomic E-state index is -0.769. The predicted molar refractivity (Wildman–Crippen MR) is 83.8 cm³/mol. The van der Waals surface area contributed by atoms with Gasteiger partial charge in [-0.3, -0.25) is 9.78 Å². The minimum Gasteiger partial charge on any atom is -0.481 e. The van der Waals surface area contributed by atoms with Crippen molar-refractivity contribution >= 4 is 11.5 Å². The fourth-order valence-electron chi connectivity index (χ4n) is 2.22. The zero-order valence-electron chi connectivity index (χ0n) is 12.2. The Hall–Kier alpha value is -2.49. The molecule has 1 aromatic carbocycles. The number of aromatic nitrogens is 1. The molecule has 0 fully saturated rings. The summed E-state index contributed by atoms with van der Waals surface area (Å²) in [6.07, 6.45) is 7.95. The lowest BCUT2D eigenvalue weighted by atomic mass is 9.97. The molecule has 4 heteroatoms. The number of carboxylic acid groups (broad SMARTS) is 1. The molecule has 1 aromatic heterocycles. The molecule has 0 aliphatic carbocycles. The molecule has 0 saturated heterocycles. The number of hydrogen-bond acceptors (Lipinski definition) is 2. The summed E-state index contributed by atoms with van der Waals surface area (Å²) in [5, 5.41) is 8.64. The van der Waals surface area contributed by atoms with Gasteiger partial charge in [-0.25, -0.2) is 4.39 Å². The van der Waals surface area contributed by atoms with Gasteiger partial charge in [0.05, 0.1) is 0 Å². The van der Waals surface area contributed by atoms with Crippen LogP contribution < -0.4 is 0 Å². The number of rotatable bonds is 7. The molecule has 114 valence electrons. The highest BCUT2D eigenvalue weighted by Gasteiger charge is 2.05. The normalized spacial score (nSPS) is 11.4. The molecule has 0 atom stereocenters. The molecule has 0 spiro atoms. The standard InChI is InChI=1S/C18H18FNO2/c19-16-10-8-14(9-11-16)17(15-5-4-12-20-13-15)6-2-1-3-7-18(21)22/h4-6,8-13H,1-3,7H2,(H,21,22)/b17-6-. The molecule has 0 amide bonds. The van der Waals surface area contributed by atoms with Gasteiger partial charge in [0.2, 0.25) is 0 Å². The lowest BCUT2D eigenvalue weighted by Gasteiger charge is -2.08. The molecule has 0 aliphatic heterocycles. The molecule has 1 N–H and O–H groups in total. The van der Waals surface area contributed by atoms with E-state index in [-0.39, 0.29) is 12.2 Å². The molecule has 0 saturated carbocycles. The van der Waals surface area contributed by atoms with Crippen LogP contribution >= 0.6 is 0 Å². The van der Waals surface area contributed by atoms with Crippen LogP contribution in [-0.4, -0.2) is 16.1 Å². The van der Waals surface area contributed by atoms with Crippen LogP contribution in [0.15, 0.2) is 54.9 Å². The highest BCUT2D eigenvalue weighted by molar-refractivity contribution is 5.79. The van der Waals surface area contributed by atoms with Crippen LogP contribution in [0.1, 0.15) is 36.8 Å². The van der Waals surface area contributed by atoms with E-state index in [2.05, 4.69) is 11.1 Å². The number of halogens is 1. The van der Waals surface area contributed by atoms with Crippen molar-refractivity contribution in [2.75, 3.05) is 0 Å². The van der Waals surface area contributed by atoms with Crippen molar-refractivity contribution in [3.05, 3.63) is 71.8 Å². The summed E-state index contributed by atoms with van der Waals surface area (Å²) in [7, 11) is 0. The van der Waals surface area contributed by atoms with Gasteiger partial charge in [0.15, 0.2) is 0 Å². The number of pyridine rings is 1. The number of allylic oxidation sites excluding steroid dienone is 1. The van der Waals surface area contributed by atoms with E-state index in [9.17, 15) is 9.18 Å². The molecule has 0 bridgehead atoms. The van der Waals surface area contributed by atoms with Gasteiger partial charge in [-0.15, -0.1) is 0 Å². The van der Waals surface area contributed by atoms with Crippen LogP contribution in [-0.2, 0) is 4.79 Å². The van der Waals surface area contributed by atoms with Crippen LogP contribution in [0.3, 0.4) is 0 Å².